The van der Waals surface area contributed by atoms with Crippen molar-refractivity contribution in [3.63, 3.8) is 0 Å². The maximum Gasteiger partial charge on any atom is 0.0320 e. The summed E-state index contributed by atoms with van der Waals surface area (Å²) in [6.07, 6.45) is 7.13. The maximum absolute atomic E-state index is 3.81. The molecule has 0 radical (unpaired) electrons. The molecule has 1 atom stereocenters. The van der Waals surface area contributed by atoms with E-state index >= 15 is 0 Å². The zero-order valence-corrected chi connectivity index (χ0v) is 13.7. The zero-order valence-electron chi connectivity index (χ0n) is 12.9. The Morgan fingerprint density at radius 1 is 1.11 bits per heavy atom. The van der Waals surface area contributed by atoms with E-state index < -0.39 is 0 Å². The van der Waals surface area contributed by atoms with Crippen LogP contribution in [0.1, 0.15) is 58.1 Å². The lowest BCUT2D eigenvalue weighted by Crippen LogP contribution is -2.38. The standard InChI is InChI=1S/C17H29NS/c1-5-11-16(15-12-9-8-10-13-15)18-14-17(6-2,7-3)19-4/h8-10,12-13,16,18H,5-7,11,14H2,1-4H3. The summed E-state index contributed by atoms with van der Waals surface area (Å²) in [5.41, 5.74) is 1.42. The van der Waals surface area contributed by atoms with Gasteiger partial charge in [0.05, 0.1) is 0 Å². The predicted octanol–water partition coefficient (Wildman–Crippen LogP) is 5.04. The van der Waals surface area contributed by atoms with Crippen molar-refractivity contribution in [3.05, 3.63) is 35.9 Å². The van der Waals surface area contributed by atoms with Crippen LogP contribution in [0.2, 0.25) is 0 Å². The normalized spacial score (nSPS) is 13.5. The molecule has 1 unspecified atom stereocenters. The van der Waals surface area contributed by atoms with Gasteiger partial charge in [-0.25, -0.2) is 0 Å². The van der Waals surface area contributed by atoms with Gasteiger partial charge in [-0.05, 0) is 31.1 Å². The molecule has 0 spiro atoms. The van der Waals surface area contributed by atoms with Gasteiger partial charge in [0.25, 0.3) is 0 Å². The van der Waals surface area contributed by atoms with Gasteiger partial charge in [-0.3, -0.25) is 0 Å². The third kappa shape index (κ3) is 4.85. The molecule has 108 valence electrons. The van der Waals surface area contributed by atoms with Crippen LogP contribution in [0.5, 0.6) is 0 Å². The number of thioether (sulfide) groups is 1. The topological polar surface area (TPSA) is 12.0 Å². The highest BCUT2D eigenvalue weighted by Crippen LogP contribution is 2.31. The lowest BCUT2D eigenvalue weighted by molar-refractivity contribution is 0.427. The fraction of sp³-hybridized carbons (Fsp3) is 0.647. The number of hydrogen-bond acceptors (Lipinski definition) is 2. The Kier molecular flexibility index (Phi) is 7.55. The van der Waals surface area contributed by atoms with Crippen molar-refractivity contribution in [1.29, 1.82) is 0 Å². The number of rotatable bonds is 9. The molecule has 0 saturated carbocycles. The summed E-state index contributed by atoms with van der Waals surface area (Å²) in [6, 6.07) is 11.4. The van der Waals surface area contributed by atoms with Crippen LogP contribution in [-0.2, 0) is 0 Å². The van der Waals surface area contributed by atoms with Crippen LogP contribution in [0.3, 0.4) is 0 Å². The predicted molar refractivity (Wildman–Crippen MR) is 88.9 cm³/mol. The van der Waals surface area contributed by atoms with Crippen molar-refractivity contribution >= 4 is 11.8 Å². The fourth-order valence-corrected chi connectivity index (χ4v) is 3.34. The van der Waals surface area contributed by atoms with Crippen LogP contribution in [-0.4, -0.2) is 17.5 Å². The van der Waals surface area contributed by atoms with E-state index in [-0.39, 0.29) is 0 Å². The van der Waals surface area contributed by atoms with E-state index in [0.717, 1.165) is 6.54 Å². The van der Waals surface area contributed by atoms with Crippen LogP contribution in [0.4, 0.5) is 0 Å². The highest BCUT2D eigenvalue weighted by atomic mass is 32.2. The molecule has 0 saturated heterocycles. The van der Waals surface area contributed by atoms with Crippen LogP contribution < -0.4 is 5.32 Å². The number of nitrogens with one attached hydrogen (secondary N) is 1. The molecule has 19 heavy (non-hydrogen) atoms. The molecule has 1 rings (SSSR count). The Bertz CT molecular complexity index is 324. The Morgan fingerprint density at radius 3 is 2.21 bits per heavy atom. The molecule has 0 aliphatic rings. The first-order valence-corrected chi connectivity index (χ1v) is 8.77. The molecule has 0 bridgehead atoms. The first kappa shape index (κ1) is 16.6. The van der Waals surface area contributed by atoms with Gasteiger partial charge >= 0.3 is 0 Å². The number of hydrogen-bond donors (Lipinski definition) is 1. The summed E-state index contributed by atoms with van der Waals surface area (Å²) in [5, 5.41) is 3.81. The zero-order chi connectivity index (χ0) is 14.1. The largest absolute Gasteiger partial charge is 0.309 e. The second-order valence-electron chi connectivity index (χ2n) is 5.23. The summed E-state index contributed by atoms with van der Waals surface area (Å²) in [7, 11) is 0. The third-order valence-electron chi connectivity index (χ3n) is 4.17. The molecular formula is C17H29NS. The molecule has 1 N–H and O–H groups in total. The Labute approximate surface area is 123 Å². The van der Waals surface area contributed by atoms with Crippen molar-refractivity contribution in [3.8, 4) is 0 Å². The van der Waals surface area contributed by atoms with Gasteiger partial charge in [-0.1, -0.05) is 57.5 Å². The Morgan fingerprint density at radius 2 is 1.74 bits per heavy atom. The first-order valence-electron chi connectivity index (χ1n) is 7.54. The molecular weight excluding hydrogens is 250 g/mol. The van der Waals surface area contributed by atoms with Gasteiger partial charge in [0.2, 0.25) is 0 Å². The molecule has 0 aliphatic carbocycles. The van der Waals surface area contributed by atoms with Gasteiger partial charge < -0.3 is 5.32 Å². The molecule has 1 aromatic carbocycles. The minimum absolute atomic E-state index is 0.390. The third-order valence-corrected chi connectivity index (χ3v) is 5.76. The van der Waals surface area contributed by atoms with Gasteiger partial charge in [0, 0.05) is 17.3 Å². The van der Waals surface area contributed by atoms with Crippen molar-refractivity contribution in [2.24, 2.45) is 0 Å². The summed E-state index contributed by atoms with van der Waals surface area (Å²) >= 11 is 2.01. The lowest BCUT2D eigenvalue weighted by Gasteiger charge is -2.32. The van der Waals surface area contributed by atoms with Crippen LogP contribution in [0, 0.1) is 0 Å². The van der Waals surface area contributed by atoms with Gasteiger partial charge in [-0.2, -0.15) is 11.8 Å². The van der Waals surface area contributed by atoms with E-state index in [1.165, 1.54) is 31.2 Å². The van der Waals surface area contributed by atoms with E-state index in [0.29, 0.717) is 10.8 Å². The molecule has 0 amide bonds. The Hall–Kier alpha value is -0.470. The monoisotopic (exact) mass is 279 g/mol. The summed E-state index contributed by atoms with van der Waals surface area (Å²) in [5.74, 6) is 0. The molecule has 1 nitrogen and oxygen atoms in total. The maximum atomic E-state index is 3.81. The van der Waals surface area contributed by atoms with Crippen molar-refractivity contribution in [1.82, 2.24) is 5.32 Å². The number of benzene rings is 1. The quantitative estimate of drug-likeness (QED) is 0.679. The van der Waals surface area contributed by atoms with Crippen LogP contribution in [0.15, 0.2) is 30.3 Å². The van der Waals surface area contributed by atoms with Gasteiger partial charge in [0.15, 0.2) is 0 Å². The minimum Gasteiger partial charge on any atom is -0.309 e. The fourth-order valence-electron chi connectivity index (χ4n) is 2.53. The van der Waals surface area contributed by atoms with E-state index in [2.05, 4.69) is 62.7 Å². The summed E-state index contributed by atoms with van der Waals surface area (Å²) in [6.45, 7) is 7.97. The molecule has 0 aliphatic heterocycles. The second-order valence-corrected chi connectivity index (χ2v) is 6.50. The van der Waals surface area contributed by atoms with Gasteiger partial charge in [-0.15, -0.1) is 0 Å². The van der Waals surface area contributed by atoms with Crippen molar-refractivity contribution in [2.75, 3.05) is 12.8 Å². The van der Waals surface area contributed by atoms with Gasteiger partial charge in [0.1, 0.15) is 0 Å². The van der Waals surface area contributed by atoms with E-state index in [9.17, 15) is 0 Å². The first-order chi connectivity index (χ1) is 9.21. The SMILES string of the molecule is CCCC(NCC(CC)(CC)SC)c1ccccc1. The highest BCUT2D eigenvalue weighted by molar-refractivity contribution is 8.00. The lowest BCUT2D eigenvalue weighted by atomic mass is 9.98. The second kappa shape index (κ2) is 8.65. The molecule has 0 heterocycles. The molecule has 0 fully saturated rings. The van der Waals surface area contributed by atoms with Crippen LogP contribution >= 0.6 is 11.8 Å². The van der Waals surface area contributed by atoms with E-state index in [4.69, 9.17) is 0 Å². The minimum atomic E-state index is 0.390. The Balaban J connectivity index is 2.69. The summed E-state index contributed by atoms with van der Waals surface area (Å²) < 4.78 is 0.390. The molecule has 1 aromatic rings. The van der Waals surface area contributed by atoms with Crippen LogP contribution in [0.25, 0.3) is 0 Å². The van der Waals surface area contributed by atoms with Crippen molar-refractivity contribution in [2.45, 2.75) is 57.2 Å². The van der Waals surface area contributed by atoms with E-state index in [1.54, 1.807) is 0 Å². The smallest absolute Gasteiger partial charge is 0.0320 e. The van der Waals surface area contributed by atoms with Crippen molar-refractivity contribution < 1.29 is 0 Å². The highest BCUT2D eigenvalue weighted by Gasteiger charge is 2.25. The summed E-state index contributed by atoms with van der Waals surface area (Å²) in [4.78, 5) is 0. The molecule has 2 heteroatoms. The van der Waals surface area contributed by atoms with E-state index in [1.807, 2.05) is 11.8 Å². The average Bonchev–Trinajstić information content (AvgIpc) is 2.49. The average molecular weight is 279 g/mol. The molecule has 0 aromatic heterocycles.